The van der Waals surface area contributed by atoms with E-state index in [4.69, 9.17) is 5.73 Å². The zero-order valence-electron chi connectivity index (χ0n) is 10.9. The van der Waals surface area contributed by atoms with Gasteiger partial charge in [0.25, 0.3) is 0 Å². The lowest BCUT2D eigenvalue weighted by Crippen LogP contribution is -2.39. The Bertz CT molecular complexity index is 183. The van der Waals surface area contributed by atoms with Crippen LogP contribution in [0.5, 0.6) is 0 Å². The van der Waals surface area contributed by atoms with Crippen molar-refractivity contribution in [1.29, 1.82) is 0 Å². The van der Waals surface area contributed by atoms with Gasteiger partial charge in [-0.25, -0.2) is 0 Å². The summed E-state index contributed by atoms with van der Waals surface area (Å²) < 4.78 is 0. The van der Waals surface area contributed by atoms with E-state index in [9.17, 15) is 0 Å². The fourth-order valence-electron chi connectivity index (χ4n) is 2.57. The summed E-state index contributed by atoms with van der Waals surface area (Å²) in [6.07, 6.45) is 4.07. The average Bonchev–Trinajstić information content (AvgIpc) is 2.40. The predicted octanol–water partition coefficient (Wildman–Crippen LogP) is 2.48. The van der Waals surface area contributed by atoms with Gasteiger partial charge in [-0.3, -0.25) is 4.90 Å². The number of nitrogens with zero attached hydrogens (tertiary/aromatic N) is 1. The molecule has 2 unspecified atom stereocenters. The molecule has 0 aromatic rings. The van der Waals surface area contributed by atoms with E-state index in [0.717, 1.165) is 12.5 Å². The maximum atomic E-state index is 5.73. The Kier molecular flexibility index (Phi) is 4.60. The van der Waals surface area contributed by atoms with Crippen molar-refractivity contribution < 1.29 is 0 Å². The van der Waals surface area contributed by atoms with Crippen molar-refractivity contribution in [3.63, 3.8) is 0 Å². The van der Waals surface area contributed by atoms with Gasteiger partial charge in [0.2, 0.25) is 0 Å². The molecule has 2 heteroatoms. The molecule has 0 aliphatic carbocycles. The number of nitrogens with two attached hydrogens (primary N) is 1. The van der Waals surface area contributed by atoms with Crippen LogP contribution < -0.4 is 5.73 Å². The minimum Gasteiger partial charge on any atom is -0.329 e. The second kappa shape index (κ2) is 5.31. The lowest BCUT2D eigenvalue weighted by Gasteiger charge is -2.30. The van der Waals surface area contributed by atoms with Gasteiger partial charge in [-0.15, -0.1) is 0 Å². The molecule has 1 rings (SSSR count). The molecule has 1 fully saturated rings. The molecule has 0 aromatic carbocycles. The minimum absolute atomic E-state index is 0.474. The molecule has 90 valence electrons. The highest BCUT2D eigenvalue weighted by Gasteiger charge is 2.27. The maximum absolute atomic E-state index is 5.73. The van der Waals surface area contributed by atoms with Gasteiger partial charge in [-0.05, 0) is 50.6 Å². The Balaban J connectivity index is 2.49. The number of likely N-dealkylation sites (tertiary alicyclic amines) is 1. The van der Waals surface area contributed by atoms with Crippen molar-refractivity contribution in [1.82, 2.24) is 4.90 Å². The normalized spacial score (nSPS) is 27.4. The van der Waals surface area contributed by atoms with E-state index in [-0.39, 0.29) is 0 Å². The Morgan fingerprint density at radius 3 is 2.47 bits per heavy atom. The van der Waals surface area contributed by atoms with Crippen LogP contribution in [-0.4, -0.2) is 30.6 Å². The number of hydrogen-bond donors (Lipinski definition) is 1. The van der Waals surface area contributed by atoms with Gasteiger partial charge < -0.3 is 5.73 Å². The van der Waals surface area contributed by atoms with Crippen molar-refractivity contribution >= 4 is 0 Å². The Labute approximate surface area is 95.2 Å². The highest BCUT2D eigenvalue weighted by molar-refractivity contribution is 4.80. The molecular weight excluding hydrogens is 184 g/mol. The first-order valence-corrected chi connectivity index (χ1v) is 6.39. The SMILES string of the molecule is CC(CN)N1CCCC(C(C)(C)C)CC1. The second-order valence-corrected chi connectivity index (χ2v) is 6.11. The molecule has 0 radical (unpaired) electrons. The summed E-state index contributed by atoms with van der Waals surface area (Å²) >= 11 is 0. The number of rotatable bonds is 2. The van der Waals surface area contributed by atoms with E-state index in [2.05, 4.69) is 32.6 Å². The summed E-state index contributed by atoms with van der Waals surface area (Å²) in [6.45, 7) is 12.6. The molecule has 0 spiro atoms. The molecular formula is C13H28N2. The molecule has 2 atom stereocenters. The third-order valence-corrected chi connectivity index (χ3v) is 3.95. The molecule has 1 aliphatic rings. The van der Waals surface area contributed by atoms with Crippen LogP contribution in [0.15, 0.2) is 0 Å². The standard InChI is InChI=1S/C13H28N2/c1-11(10-14)15-8-5-6-12(7-9-15)13(2,3)4/h11-12H,5-10,14H2,1-4H3. The lowest BCUT2D eigenvalue weighted by molar-refractivity contribution is 0.191. The van der Waals surface area contributed by atoms with Gasteiger partial charge in [0.1, 0.15) is 0 Å². The minimum atomic E-state index is 0.474. The summed E-state index contributed by atoms with van der Waals surface area (Å²) in [7, 11) is 0. The van der Waals surface area contributed by atoms with E-state index in [1.807, 2.05) is 0 Å². The molecule has 1 aliphatic heterocycles. The zero-order valence-corrected chi connectivity index (χ0v) is 10.9. The van der Waals surface area contributed by atoms with Crippen molar-refractivity contribution in [2.75, 3.05) is 19.6 Å². The topological polar surface area (TPSA) is 29.3 Å². The van der Waals surface area contributed by atoms with Crippen LogP contribution in [-0.2, 0) is 0 Å². The first kappa shape index (κ1) is 13.0. The van der Waals surface area contributed by atoms with Crippen LogP contribution in [0.1, 0.15) is 47.0 Å². The second-order valence-electron chi connectivity index (χ2n) is 6.11. The molecule has 2 nitrogen and oxygen atoms in total. The smallest absolute Gasteiger partial charge is 0.0190 e. The average molecular weight is 212 g/mol. The fraction of sp³-hybridized carbons (Fsp3) is 1.00. The van der Waals surface area contributed by atoms with Gasteiger partial charge in [0, 0.05) is 12.6 Å². The Morgan fingerprint density at radius 1 is 1.27 bits per heavy atom. The van der Waals surface area contributed by atoms with Gasteiger partial charge in [-0.1, -0.05) is 20.8 Å². The van der Waals surface area contributed by atoms with Crippen LogP contribution in [0.4, 0.5) is 0 Å². The van der Waals surface area contributed by atoms with Crippen LogP contribution in [0, 0.1) is 11.3 Å². The highest BCUT2D eigenvalue weighted by atomic mass is 15.2. The summed E-state index contributed by atoms with van der Waals surface area (Å²) in [4.78, 5) is 2.56. The molecule has 15 heavy (non-hydrogen) atoms. The van der Waals surface area contributed by atoms with Crippen LogP contribution in [0.3, 0.4) is 0 Å². The lowest BCUT2D eigenvalue weighted by atomic mass is 9.77. The third kappa shape index (κ3) is 3.76. The maximum Gasteiger partial charge on any atom is 0.0190 e. The van der Waals surface area contributed by atoms with E-state index in [1.54, 1.807) is 0 Å². The van der Waals surface area contributed by atoms with E-state index >= 15 is 0 Å². The van der Waals surface area contributed by atoms with Gasteiger partial charge in [0.15, 0.2) is 0 Å². The molecule has 1 saturated heterocycles. The van der Waals surface area contributed by atoms with Gasteiger partial charge in [0.05, 0.1) is 0 Å². The van der Waals surface area contributed by atoms with Crippen molar-refractivity contribution in [3.05, 3.63) is 0 Å². The van der Waals surface area contributed by atoms with Crippen molar-refractivity contribution in [2.45, 2.75) is 53.0 Å². The summed E-state index contributed by atoms with van der Waals surface area (Å²) in [6, 6.07) is 0.559. The van der Waals surface area contributed by atoms with Crippen LogP contribution in [0.25, 0.3) is 0 Å². The highest BCUT2D eigenvalue weighted by Crippen LogP contribution is 2.34. The monoisotopic (exact) mass is 212 g/mol. The summed E-state index contributed by atoms with van der Waals surface area (Å²) in [5.74, 6) is 0.882. The zero-order chi connectivity index (χ0) is 11.5. The Morgan fingerprint density at radius 2 is 1.93 bits per heavy atom. The van der Waals surface area contributed by atoms with Crippen molar-refractivity contribution in [2.24, 2.45) is 17.1 Å². The molecule has 0 bridgehead atoms. The molecule has 0 saturated carbocycles. The van der Waals surface area contributed by atoms with Gasteiger partial charge >= 0.3 is 0 Å². The quantitative estimate of drug-likeness (QED) is 0.762. The molecule has 0 aromatic heterocycles. The van der Waals surface area contributed by atoms with E-state index in [0.29, 0.717) is 11.5 Å². The molecule has 2 N–H and O–H groups in total. The summed E-state index contributed by atoms with van der Waals surface area (Å²) in [5.41, 5.74) is 6.21. The first-order chi connectivity index (χ1) is 6.95. The molecule has 0 amide bonds. The Hall–Kier alpha value is -0.0800. The third-order valence-electron chi connectivity index (χ3n) is 3.95. The van der Waals surface area contributed by atoms with Crippen LogP contribution in [0.2, 0.25) is 0 Å². The summed E-state index contributed by atoms with van der Waals surface area (Å²) in [5, 5.41) is 0. The predicted molar refractivity (Wildman–Crippen MR) is 66.9 cm³/mol. The largest absolute Gasteiger partial charge is 0.329 e. The van der Waals surface area contributed by atoms with E-state index in [1.165, 1.54) is 32.4 Å². The first-order valence-electron chi connectivity index (χ1n) is 6.39. The van der Waals surface area contributed by atoms with Gasteiger partial charge in [-0.2, -0.15) is 0 Å². The van der Waals surface area contributed by atoms with E-state index < -0.39 is 0 Å². The molecule has 1 heterocycles. The van der Waals surface area contributed by atoms with Crippen LogP contribution >= 0.6 is 0 Å². The fourth-order valence-corrected chi connectivity index (χ4v) is 2.57. The van der Waals surface area contributed by atoms with Crippen molar-refractivity contribution in [3.8, 4) is 0 Å². The number of hydrogen-bond acceptors (Lipinski definition) is 2.